The molecule has 13 heteroatoms. The maximum Gasteiger partial charge on any atom is 0.416 e. The average Bonchev–Trinajstić information content (AvgIpc) is 3.26. The van der Waals surface area contributed by atoms with E-state index in [0.717, 1.165) is 57.3 Å². The molecule has 236 valence electrons. The predicted octanol–water partition coefficient (Wildman–Crippen LogP) is 7.56. The fourth-order valence-electron chi connectivity index (χ4n) is 6.05. The summed E-state index contributed by atoms with van der Waals surface area (Å²) in [6.07, 6.45) is -4.60. The number of ether oxygens (including phenoxy) is 2. The molecule has 7 nitrogen and oxygen atoms in total. The Morgan fingerprint density at radius 1 is 1.00 bits per heavy atom. The molecule has 0 radical (unpaired) electrons. The third-order valence-electron chi connectivity index (χ3n) is 8.51. The number of hydrogen-bond donors (Lipinski definition) is 1. The number of carbonyl (C=O) groups excluding carboxylic acids is 1. The molecule has 3 aliphatic heterocycles. The van der Waals surface area contributed by atoms with E-state index in [4.69, 9.17) is 14.5 Å². The molecule has 1 N–H and O–H groups in total. The number of anilines is 2. The number of piperidine rings is 1. The molecule has 4 atom stereocenters. The van der Waals surface area contributed by atoms with Gasteiger partial charge < -0.3 is 19.7 Å². The Labute approximate surface area is 246 Å². The summed E-state index contributed by atoms with van der Waals surface area (Å²) in [5.74, 6) is 0.574. The molecule has 3 fully saturated rings. The topological polar surface area (TPSA) is 66.9 Å². The maximum atomic E-state index is 13.5. The number of aromatic nitrogens is 1. The Hall–Kier alpha value is -3.22. The van der Waals surface area contributed by atoms with E-state index in [0.29, 0.717) is 30.1 Å². The Balaban J connectivity index is 1.44. The molecule has 0 saturated carbocycles. The highest BCUT2D eigenvalue weighted by Crippen LogP contribution is 2.41. The number of amides is 1. The van der Waals surface area contributed by atoms with Crippen LogP contribution in [0.4, 0.5) is 42.6 Å². The summed E-state index contributed by atoms with van der Waals surface area (Å²) in [6, 6.07) is 2.50. The van der Waals surface area contributed by atoms with Gasteiger partial charge in [0.15, 0.2) is 0 Å². The molecule has 1 aromatic carbocycles. The number of hydrogen-bond acceptors (Lipinski definition) is 6. The van der Waals surface area contributed by atoms with Gasteiger partial charge in [0.1, 0.15) is 11.9 Å². The molecule has 1 aromatic heterocycles. The highest BCUT2D eigenvalue weighted by atomic mass is 19.4. The summed E-state index contributed by atoms with van der Waals surface area (Å²) >= 11 is 0. The van der Waals surface area contributed by atoms with E-state index in [1.165, 1.54) is 4.90 Å². The van der Waals surface area contributed by atoms with E-state index in [2.05, 4.69) is 17.1 Å². The molecule has 0 aliphatic carbocycles. The van der Waals surface area contributed by atoms with Crippen molar-refractivity contribution in [2.45, 2.75) is 95.6 Å². The van der Waals surface area contributed by atoms with Gasteiger partial charge in [-0.1, -0.05) is 6.92 Å². The van der Waals surface area contributed by atoms with Gasteiger partial charge in [-0.05, 0) is 75.3 Å². The van der Waals surface area contributed by atoms with E-state index in [-0.39, 0.29) is 30.3 Å². The SMILES string of the molecule is CCC1CC(Nc2ncc(N3CCCCC3)cc2CN2C(=O)O[C@H](c3cc(C(F)(F)F)cc(C(F)(F)F)c3)[C@@H]2C)CCO1. The summed E-state index contributed by atoms with van der Waals surface area (Å²) in [5, 5.41) is 3.50. The molecule has 2 aromatic rings. The van der Waals surface area contributed by atoms with Crippen LogP contribution in [-0.2, 0) is 28.4 Å². The van der Waals surface area contributed by atoms with E-state index < -0.39 is 41.7 Å². The Morgan fingerprint density at radius 3 is 2.30 bits per heavy atom. The van der Waals surface area contributed by atoms with Crippen molar-refractivity contribution in [2.75, 3.05) is 29.9 Å². The highest BCUT2D eigenvalue weighted by Gasteiger charge is 2.43. The van der Waals surface area contributed by atoms with Gasteiger partial charge in [0.05, 0.1) is 41.7 Å². The van der Waals surface area contributed by atoms with Crippen LogP contribution in [0.3, 0.4) is 0 Å². The number of nitrogens with one attached hydrogen (secondary N) is 1. The van der Waals surface area contributed by atoms with E-state index >= 15 is 0 Å². The van der Waals surface area contributed by atoms with Crippen LogP contribution < -0.4 is 10.2 Å². The maximum absolute atomic E-state index is 13.5. The van der Waals surface area contributed by atoms with Gasteiger partial charge in [0.2, 0.25) is 0 Å². The van der Waals surface area contributed by atoms with Crippen LogP contribution in [0.2, 0.25) is 0 Å². The van der Waals surface area contributed by atoms with E-state index in [1.54, 1.807) is 13.1 Å². The van der Waals surface area contributed by atoms with Crippen molar-refractivity contribution >= 4 is 17.6 Å². The third kappa shape index (κ3) is 7.13. The fraction of sp³-hybridized carbons (Fsp3) is 0.600. The number of halogens is 6. The molecule has 43 heavy (non-hydrogen) atoms. The Kier molecular flexibility index (Phi) is 9.01. The quantitative estimate of drug-likeness (QED) is 0.325. The van der Waals surface area contributed by atoms with Gasteiger partial charge in [0.25, 0.3) is 0 Å². The van der Waals surface area contributed by atoms with Crippen LogP contribution in [0.15, 0.2) is 30.5 Å². The van der Waals surface area contributed by atoms with Crippen LogP contribution in [-0.4, -0.2) is 53.9 Å². The van der Waals surface area contributed by atoms with Crippen molar-refractivity contribution < 1.29 is 40.6 Å². The minimum Gasteiger partial charge on any atom is -0.439 e. The standard InChI is InChI=1S/C30H36F6N4O3/c1-3-25-15-23(7-10-42-25)38-27-20(13-24(16-37-27)39-8-5-4-6-9-39)17-40-18(2)26(43-28(40)41)19-11-21(29(31,32)33)14-22(12-19)30(34,35)36/h11-14,16,18,23,25-26H,3-10,15,17H2,1-2H3,(H,37,38)/t18-,23?,25?,26-/m0/s1. The molecular formula is C30H36F6N4O3. The van der Waals surface area contributed by atoms with Gasteiger partial charge in [-0.2, -0.15) is 26.3 Å². The van der Waals surface area contributed by atoms with Crippen LogP contribution in [0.5, 0.6) is 0 Å². The van der Waals surface area contributed by atoms with Crippen LogP contribution in [0.25, 0.3) is 0 Å². The Morgan fingerprint density at radius 2 is 1.67 bits per heavy atom. The second-order valence-corrected chi connectivity index (χ2v) is 11.5. The summed E-state index contributed by atoms with van der Waals surface area (Å²) in [4.78, 5) is 21.4. The molecule has 3 saturated heterocycles. The summed E-state index contributed by atoms with van der Waals surface area (Å²) in [6.45, 7) is 5.97. The van der Waals surface area contributed by atoms with E-state index in [1.807, 2.05) is 6.07 Å². The number of alkyl halides is 6. The second-order valence-electron chi connectivity index (χ2n) is 11.5. The van der Waals surface area contributed by atoms with E-state index in [9.17, 15) is 31.1 Å². The Bertz CT molecular complexity index is 1270. The second kappa shape index (κ2) is 12.4. The lowest BCUT2D eigenvalue weighted by molar-refractivity contribution is -0.143. The van der Waals surface area contributed by atoms with Gasteiger partial charge in [0, 0.05) is 31.3 Å². The first kappa shape index (κ1) is 31.2. The molecule has 0 spiro atoms. The highest BCUT2D eigenvalue weighted by molar-refractivity contribution is 5.72. The first-order chi connectivity index (χ1) is 20.3. The monoisotopic (exact) mass is 614 g/mol. The van der Waals surface area contributed by atoms with Gasteiger partial charge in [-0.15, -0.1) is 0 Å². The summed E-state index contributed by atoms with van der Waals surface area (Å²) < 4.78 is 92.4. The summed E-state index contributed by atoms with van der Waals surface area (Å²) in [7, 11) is 0. The first-order valence-electron chi connectivity index (χ1n) is 14.7. The van der Waals surface area contributed by atoms with Crippen LogP contribution in [0.1, 0.15) is 80.7 Å². The predicted molar refractivity (Wildman–Crippen MR) is 148 cm³/mol. The number of carbonyl (C=O) groups is 1. The lowest BCUT2D eigenvalue weighted by Crippen LogP contribution is -2.35. The lowest BCUT2D eigenvalue weighted by Gasteiger charge is -2.32. The third-order valence-corrected chi connectivity index (χ3v) is 8.51. The molecule has 5 rings (SSSR count). The van der Waals surface area contributed by atoms with Gasteiger partial charge in [-0.25, -0.2) is 9.78 Å². The van der Waals surface area contributed by atoms with Crippen molar-refractivity contribution in [3.63, 3.8) is 0 Å². The molecule has 1 amide bonds. The van der Waals surface area contributed by atoms with Crippen molar-refractivity contribution in [1.82, 2.24) is 9.88 Å². The number of benzene rings is 1. The molecule has 3 aliphatic rings. The van der Waals surface area contributed by atoms with Crippen molar-refractivity contribution in [3.05, 3.63) is 52.7 Å². The lowest BCUT2D eigenvalue weighted by atomic mass is 9.97. The van der Waals surface area contributed by atoms with Crippen molar-refractivity contribution in [1.29, 1.82) is 0 Å². The van der Waals surface area contributed by atoms with Gasteiger partial charge in [-0.3, -0.25) is 4.90 Å². The normalized spacial score (nSPS) is 25.2. The number of rotatable bonds is 7. The van der Waals surface area contributed by atoms with Crippen molar-refractivity contribution in [3.8, 4) is 0 Å². The molecule has 0 bridgehead atoms. The van der Waals surface area contributed by atoms with Gasteiger partial charge >= 0.3 is 18.4 Å². The van der Waals surface area contributed by atoms with Crippen molar-refractivity contribution in [2.24, 2.45) is 0 Å². The first-order valence-corrected chi connectivity index (χ1v) is 14.7. The largest absolute Gasteiger partial charge is 0.439 e. The molecule has 4 heterocycles. The van der Waals surface area contributed by atoms with Crippen LogP contribution >= 0.6 is 0 Å². The fourth-order valence-corrected chi connectivity index (χ4v) is 6.05. The zero-order valence-corrected chi connectivity index (χ0v) is 24.1. The average molecular weight is 615 g/mol. The number of nitrogens with zero attached hydrogens (tertiary/aromatic N) is 3. The number of pyridine rings is 1. The summed E-state index contributed by atoms with van der Waals surface area (Å²) in [5.41, 5.74) is -1.69. The minimum atomic E-state index is -5.01. The minimum absolute atomic E-state index is 0.0129. The smallest absolute Gasteiger partial charge is 0.416 e. The molecular weight excluding hydrogens is 578 g/mol. The number of cyclic esters (lactones) is 1. The molecule has 2 unspecified atom stereocenters. The zero-order chi connectivity index (χ0) is 30.9. The zero-order valence-electron chi connectivity index (χ0n) is 24.1. The van der Waals surface area contributed by atoms with Crippen LogP contribution in [0, 0.1) is 0 Å².